The summed E-state index contributed by atoms with van der Waals surface area (Å²) >= 11 is 0. The number of rotatable bonds is 5. The van der Waals surface area contributed by atoms with E-state index in [1.165, 1.54) is 6.42 Å². The Hall–Kier alpha value is -1.07. The molecule has 2 rings (SSSR count). The number of hydrogen-bond donors (Lipinski definition) is 1. The van der Waals surface area contributed by atoms with Gasteiger partial charge in [0.05, 0.1) is 18.9 Å². The smallest absolute Gasteiger partial charge is 0.162 e. The van der Waals surface area contributed by atoms with E-state index < -0.39 is 11.7 Å². The van der Waals surface area contributed by atoms with E-state index in [0.717, 1.165) is 31.4 Å². The molecular formula is C15H26N2O3. The highest BCUT2D eigenvalue weighted by atomic mass is 16.5. The van der Waals surface area contributed by atoms with Gasteiger partial charge in [0.2, 0.25) is 0 Å². The fourth-order valence-corrected chi connectivity index (χ4v) is 3.17. The molecule has 1 atom stereocenters. The van der Waals surface area contributed by atoms with Crippen LogP contribution in [0, 0.1) is 0 Å². The summed E-state index contributed by atoms with van der Waals surface area (Å²) in [5.74, 6) is 0.633. The fraction of sp³-hybridized carbons (Fsp3) is 0.800. The summed E-state index contributed by atoms with van der Waals surface area (Å²) in [5, 5.41) is 15.3. The number of hydrogen-bond acceptors (Lipinski definition) is 4. The summed E-state index contributed by atoms with van der Waals surface area (Å²) in [6.07, 6.45) is 6.08. The molecule has 0 saturated heterocycles. The molecule has 20 heavy (non-hydrogen) atoms. The summed E-state index contributed by atoms with van der Waals surface area (Å²) in [6.45, 7) is 4.09. The van der Waals surface area contributed by atoms with Crippen LogP contribution < -0.4 is 4.74 Å². The minimum absolute atomic E-state index is 0.168. The Morgan fingerprint density at radius 2 is 1.90 bits per heavy atom. The number of ether oxygens (including phenoxy) is 2. The van der Waals surface area contributed by atoms with Crippen molar-refractivity contribution in [1.82, 2.24) is 9.78 Å². The SMILES string of the molecule is COc1cnn(C(C)C)c1C(O)C1(OC)CCCCC1. The van der Waals surface area contributed by atoms with Gasteiger partial charge in [0, 0.05) is 13.2 Å². The normalized spacial score (nSPS) is 20.1. The van der Waals surface area contributed by atoms with Crippen LogP contribution in [0.3, 0.4) is 0 Å². The first kappa shape index (κ1) is 15.3. The minimum atomic E-state index is -0.715. The monoisotopic (exact) mass is 282 g/mol. The maximum atomic E-state index is 11.0. The van der Waals surface area contributed by atoms with Gasteiger partial charge in [-0.15, -0.1) is 0 Å². The molecule has 1 unspecified atom stereocenters. The molecule has 5 heteroatoms. The average Bonchev–Trinajstić information content (AvgIpc) is 2.91. The van der Waals surface area contributed by atoms with Gasteiger partial charge in [-0.1, -0.05) is 19.3 Å². The number of aliphatic hydroxyl groups is 1. The van der Waals surface area contributed by atoms with Gasteiger partial charge in [-0.3, -0.25) is 4.68 Å². The van der Waals surface area contributed by atoms with E-state index in [1.54, 1.807) is 20.4 Å². The highest BCUT2D eigenvalue weighted by molar-refractivity contribution is 5.30. The second-order valence-corrected chi connectivity index (χ2v) is 5.87. The van der Waals surface area contributed by atoms with E-state index in [4.69, 9.17) is 9.47 Å². The largest absolute Gasteiger partial charge is 0.493 e. The summed E-state index contributed by atoms with van der Waals surface area (Å²) in [5.41, 5.74) is 0.212. The van der Waals surface area contributed by atoms with Gasteiger partial charge in [0.15, 0.2) is 5.75 Å². The van der Waals surface area contributed by atoms with Crippen molar-refractivity contribution in [2.75, 3.05) is 14.2 Å². The van der Waals surface area contributed by atoms with Crippen molar-refractivity contribution in [3.05, 3.63) is 11.9 Å². The summed E-state index contributed by atoms with van der Waals surface area (Å²) in [6, 6.07) is 0.168. The Labute approximate surface area is 120 Å². The minimum Gasteiger partial charge on any atom is -0.493 e. The van der Waals surface area contributed by atoms with E-state index in [0.29, 0.717) is 5.75 Å². The van der Waals surface area contributed by atoms with Gasteiger partial charge in [0.1, 0.15) is 11.8 Å². The van der Waals surface area contributed by atoms with Gasteiger partial charge in [-0.05, 0) is 26.7 Å². The third-order valence-electron chi connectivity index (χ3n) is 4.37. The standard InChI is InChI=1S/C15H26N2O3/c1-11(2)17-13(12(19-3)10-16-17)14(18)15(20-4)8-6-5-7-9-15/h10-11,14,18H,5-9H2,1-4H3. The molecule has 0 spiro atoms. The van der Waals surface area contributed by atoms with E-state index >= 15 is 0 Å². The van der Waals surface area contributed by atoms with E-state index in [9.17, 15) is 5.11 Å². The highest BCUT2D eigenvalue weighted by Crippen LogP contribution is 2.43. The maximum absolute atomic E-state index is 11.0. The van der Waals surface area contributed by atoms with Crippen LogP contribution in [-0.4, -0.2) is 34.7 Å². The second-order valence-electron chi connectivity index (χ2n) is 5.87. The average molecular weight is 282 g/mol. The highest BCUT2D eigenvalue weighted by Gasteiger charge is 2.43. The Bertz CT molecular complexity index is 436. The Morgan fingerprint density at radius 1 is 1.25 bits per heavy atom. The topological polar surface area (TPSA) is 56.5 Å². The zero-order chi connectivity index (χ0) is 14.8. The first-order valence-corrected chi connectivity index (χ1v) is 7.40. The Balaban J connectivity index is 2.40. The molecule has 0 radical (unpaired) electrons. The number of methoxy groups -OCH3 is 2. The lowest BCUT2D eigenvalue weighted by molar-refractivity contribution is -0.128. The van der Waals surface area contributed by atoms with Crippen molar-refractivity contribution in [2.45, 2.75) is 63.7 Å². The van der Waals surface area contributed by atoms with Gasteiger partial charge in [0.25, 0.3) is 0 Å². The molecule has 1 fully saturated rings. The van der Waals surface area contributed by atoms with Crippen molar-refractivity contribution < 1.29 is 14.6 Å². The van der Waals surface area contributed by atoms with Crippen LogP contribution >= 0.6 is 0 Å². The molecule has 114 valence electrons. The predicted molar refractivity (Wildman–Crippen MR) is 76.9 cm³/mol. The van der Waals surface area contributed by atoms with E-state index in [-0.39, 0.29) is 6.04 Å². The van der Waals surface area contributed by atoms with Crippen LogP contribution in [0.2, 0.25) is 0 Å². The molecule has 1 aliphatic rings. The molecule has 1 heterocycles. The lowest BCUT2D eigenvalue weighted by atomic mass is 9.79. The first-order valence-electron chi connectivity index (χ1n) is 7.40. The van der Waals surface area contributed by atoms with Crippen LogP contribution in [0.1, 0.15) is 63.8 Å². The van der Waals surface area contributed by atoms with Gasteiger partial charge < -0.3 is 14.6 Å². The van der Waals surface area contributed by atoms with Crippen molar-refractivity contribution in [1.29, 1.82) is 0 Å². The molecule has 1 N–H and O–H groups in total. The van der Waals surface area contributed by atoms with E-state index in [2.05, 4.69) is 5.10 Å². The zero-order valence-corrected chi connectivity index (χ0v) is 12.9. The third-order valence-corrected chi connectivity index (χ3v) is 4.37. The third kappa shape index (κ3) is 2.56. The van der Waals surface area contributed by atoms with Crippen molar-refractivity contribution in [3.63, 3.8) is 0 Å². The van der Waals surface area contributed by atoms with E-state index in [1.807, 2.05) is 18.5 Å². The molecule has 1 aromatic rings. The maximum Gasteiger partial charge on any atom is 0.162 e. The molecular weight excluding hydrogens is 256 g/mol. The van der Waals surface area contributed by atoms with Crippen molar-refractivity contribution in [3.8, 4) is 5.75 Å². The molecule has 1 saturated carbocycles. The van der Waals surface area contributed by atoms with Crippen LogP contribution in [0.15, 0.2) is 6.20 Å². The molecule has 1 aliphatic carbocycles. The van der Waals surface area contributed by atoms with Crippen molar-refractivity contribution in [2.24, 2.45) is 0 Å². The molecule has 5 nitrogen and oxygen atoms in total. The number of aliphatic hydroxyl groups excluding tert-OH is 1. The zero-order valence-electron chi connectivity index (χ0n) is 12.9. The summed E-state index contributed by atoms with van der Waals surface area (Å²) in [7, 11) is 3.30. The second kappa shape index (κ2) is 6.14. The van der Waals surface area contributed by atoms with Gasteiger partial charge >= 0.3 is 0 Å². The quantitative estimate of drug-likeness (QED) is 0.902. The van der Waals surface area contributed by atoms with Crippen molar-refractivity contribution >= 4 is 0 Å². The lowest BCUT2D eigenvalue weighted by Gasteiger charge is -2.40. The molecule has 0 bridgehead atoms. The van der Waals surface area contributed by atoms with Gasteiger partial charge in [-0.25, -0.2) is 0 Å². The van der Waals surface area contributed by atoms with Crippen LogP contribution in [0.25, 0.3) is 0 Å². The molecule has 0 aliphatic heterocycles. The first-order chi connectivity index (χ1) is 9.55. The van der Waals surface area contributed by atoms with Crippen LogP contribution in [0.4, 0.5) is 0 Å². The molecule has 0 amide bonds. The Kier molecular flexibility index (Phi) is 4.70. The fourth-order valence-electron chi connectivity index (χ4n) is 3.17. The number of nitrogens with zero attached hydrogens (tertiary/aromatic N) is 2. The van der Waals surface area contributed by atoms with Crippen LogP contribution in [-0.2, 0) is 4.74 Å². The summed E-state index contributed by atoms with van der Waals surface area (Å²) in [4.78, 5) is 0. The number of aromatic nitrogens is 2. The predicted octanol–water partition coefficient (Wildman–Crippen LogP) is 2.86. The van der Waals surface area contributed by atoms with Gasteiger partial charge in [-0.2, -0.15) is 5.10 Å². The van der Waals surface area contributed by atoms with Crippen LogP contribution in [0.5, 0.6) is 5.75 Å². The lowest BCUT2D eigenvalue weighted by Crippen LogP contribution is -2.41. The molecule has 0 aromatic carbocycles. The Morgan fingerprint density at radius 3 is 2.40 bits per heavy atom. The summed E-state index contributed by atoms with van der Waals surface area (Å²) < 4.78 is 13.0. The molecule has 1 aromatic heterocycles.